The summed E-state index contributed by atoms with van der Waals surface area (Å²) in [6.45, 7) is 1.24. The van der Waals surface area contributed by atoms with E-state index in [2.05, 4.69) is 10.6 Å². The normalized spacial score (nSPS) is 19.4. The van der Waals surface area contributed by atoms with Gasteiger partial charge in [-0.1, -0.05) is 11.6 Å². The van der Waals surface area contributed by atoms with Gasteiger partial charge in [-0.15, -0.1) is 0 Å². The Kier molecular flexibility index (Phi) is 3.97. The first-order chi connectivity index (χ1) is 10.5. The minimum Gasteiger partial charge on any atom is -0.375 e. The fourth-order valence-corrected chi connectivity index (χ4v) is 3.17. The van der Waals surface area contributed by atoms with E-state index in [9.17, 15) is 9.59 Å². The van der Waals surface area contributed by atoms with E-state index in [1.165, 1.54) is 7.11 Å². The fraction of sp³-hybridized carbons (Fsp3) is 0.467. The van der Waals surface area contributed by atoms with Crippen LogP contribution in [0.2, 0.25) is 5.02 Å². The number of halogens is 1. The van der Waals surface area contributed by atoms with Crippen LogP contribution in [0.3, 0.4) is 0 Å². The molecule has 1 aromatic carbocycles. The molecule has 1 aromatic rings. The van der Waals surface area contributed by atoms with Gasteiger partial charge in [0.05, 0.1) is 11.3 Å². The van der Waals surface area contributed by atoms with Crippen molar-refractivity contribution < 1.29 is 14.3 Å². The molecule has 0 bridgehead atoms. The van der Waals surface area contributed by atoms with Gasteiger partial charge in [-0.05, 0) is 18.2 Å². The van der Waals surface area contributed by atoms with Crippen LogP contribution in [0.25, 0.3) is 0 Å². The van der Waals surface area contributed by atoms with E-state index in [4.69, 9.17) is 16.3 Å². The summed E-state index contributed by atoms with van der Waals surface area (Å²) in [5, 5.41) is 7.01. The van der Waals surface area contributed by atoms with E-state index < -0.39 is 5.66 Å². The van der Waals surface area contributed by atoms with E-state index >= 15 is 0 Å². The molecule has 2 amide bonds. The smallest absolute Gasteiger partial charge is 0.255 e. The zero-order valence-electron chi connectivity index (χ0n) is 12.3. The highest BCUT2D eigenvalue weighted by molar-refractivity contribution is 6.31. The number of piperidine rings is 1. The zero-order chi connectivity index (χ0) is 15.7. The third-order valence-electron chi connectivity index (χ3n) is 4.19. The van der Waals surface area contributed by atoms with Gasteiger partial charge in [-0.3, -0.25) is 9.59 Å². The van der Waals surface area contributed by atoms with Gasteiger partial charge in [-0.25, -0.2) is 0 Å². The summed E-state index contributed by atoms with van der Waals surface area (Å²) < 4.78 is 4.88. The summed E-state index contributed by atoms with van der Waals surface area (Å²) in [7, 11) is 1.51. The van der Waals surface area contributed by atoms with Crippen molar-refractivity contribution >= 4 is 29.1 Å². The van der Waals surface area contributed by atoms with Crippen molar-refractivity contribution in [3.05, 3.63) is 28.8 Å². The minimum atomic E-state index is -0.515. The third kappa shape index (κ3) is 2.76. The lowest BCUT2D eigenvalue weighted by Crippen LogP contribution is -2.62. The molecule has 3 rings (SSSR count). The maximum absolute atomic E-state index is 12.3. The monoisotopic (exact) mass is 323 g/mol. The van der Waals surface area contributed by atoms with Gasteiger partial charge < -0.3 is 20.3 Å². The Morgan fingerprint density at radius 3 is 2.77 bits per heavy atom. The highest BCUT2D eigenvalue weighted by Gasteiger charge is 2.40. The Morgan fingerprint density at radius 2 is 2.09 bits per heavy atom. The van der Waals surface area contributed by atoms with E-state index in [1.54, 1.807) is 23.1 Å². The summed E-state index contributed by atoms with van der Waals surface area (Å²) in [5.74, 6) is -0.134. The fourth-order valence-electron chi connectivity index (χ4n) is 2.99. The second-order valence-electron chi connectivity index (χ2n) is 5.66. The first kappa shape index (κ1) is 15.1. The van der Waals surface area contributed by atoms with Crippen molar-refractivity contribution in [3.8, 4) is 0 Å². The predicted molar refractivity (Wildman–Crippen MR) is 83.0 cm³/mol. The lowest BCUT2D eigenvalue weighted by atomic mass is 9.92. The van der Waals surface area contributed by atoms with Gasteiger partial charge in [0.1, 0.15) is 12.3 Å². The standard InChI is InChI=1S/C15H18ClN3O3/c1-22-9-13(20)19-6-4-15(5-7-19)17-12-8-10(16)2-3-11(12)14(21)18-15/h2-3,8,17H,4-7,9H2,1H3,(H,18,21). The van der Waals surface area contributed by atoms with E-state index in [0.717, 1.165) is 5.69 Å². The molecule has 2 N–H and O–H groups in total. The molecular weight excluding hydrogens is 306 g/mol. The molecule has 2 aliphatic rings. The number of hydrogen-bond acceptors (Lipinski definition) is 4. The average molecular weight is 324 g/mol. The highest BCUT2D eigenvalue weighted by atomic mass is 35.5. The SMILES string of the molecule is COCC(=O)N1CCC2(CC1)NC(=O)c1ccc(Cl)cc1N2. The van der Waals surface area contributed by atoms with Gasteiger partial charge >= 0.3 is 0 Å². The summed E-state index contributed by atoms with van der Waals surface area (Å²) in [6, 6.07) is 5.18. The maximum Gasteiger partial charge on any atom is 0.255 e. The zero-order valence-corrected chi connectivity index (χ0v) is 13.1. The number of anilines is 1. The van der Waals surface area contributed by atoms with Crippen molar-refractivity contribution in [2.24, 2.45) is 0 Å². The molecule has 0 aromatic heterocycles. The van der Waals surface area contributed by atoms with E-state index in [1.807, 2.05) is 0 Å². The molecule has 22 heavy (non-hydrogen) atoms. The van der Waals surface area contributed by atoms with Gasteiger partial charge in [0.25, 0.3) is 5.91 Å². The summed E-state index contributed by atoms with van der Waals surface area (Å²) >= 11 is 6.01. The number of methoxy groups -OCH3 is 1. The minimum absolute atomic E-state index is 0.0251. The number of hydrogen-bond donors (Lipinski definition) is 2. The van der Waals surface area contributed by atoms with E-state index in [-0.39, 0.29) is 18.4 Å². The number of nitrogens with one attached hydrogen (secondary N) is 2. The lowest BCUT2D eigenvalue weighted by Gasteiger charge is -2.45. The Labute approximate surface area is 133 Å². The molecule has 0 radical (unpaired) electrons. The van der Waals surface area contributed by atoms with Crippen LogP contribution in [0, 0.1) is 0 Å². The Morgan fingerprint density at radius 1 is 1.36 bits per heavy atom. The number of fused-ring (bicyclic) bond motifs is 1. The van der Waals surface area contributed by atoms with Crippen LogP contribution in [0.4, 0.5) is 5.69 Å². The Hall–Kier alpha value is -1.79. The third-order valence-corrected chi connectivity index (χ3v) is 4.43. The predicted octanol–water partition coefficient (Wildman–Crippen LogP) is 1.46. The van der Waals surface area contributed by atoms with Crippen molar-refractivity contribution in [2.45, 2.75) is 18.5 Å². The molecule has 1 fully saturated rings. The molecule has 7 heteroatoms. The number of benzene rings is 1. The van der Waals surface area contributed by atoms with Gasteiger partial charge in [0.2, 0.25) is 5.91 Å². The number of rotatable bonds is 2. The molecule has 0 saturated carbocycles. The van der Waals surface area contributed by atoms with Crippen LogP contribution < -0.4 is 10.6 Å². The summed E-state index contributed by atoms with van der Waals surface area (Å²) in [5.41, 5.74) is 0.819. The van der Waals surface area contributed by atoms with Crippen molar-refractivity contribution in [2.75, 3.05) is 32.1 Å². The van der Waals surface area contributed by atoms with Crippen LogP contribution in [0.15, 0.2) is 18.2 Å². The molecule has 6 nitrogen and oxygen atoms in total. The summed E-state index contributed by atoms with van der Waals surface area (Å²) in [6.07, 6.45) is 1.28. The molecule has 118 valence electrons. The van der Waals surface area contributed by atoms with Crippen LogP contribution in [-0.2, 0) is 9.53 Å². The number of amides is 2. The Bertz CT molecular complexity index is 612. The molecule has 1 spiro atoms. The van der Waals surface area contributed by atoms with Crippen LogP contribution in [0.1, 0.15) is 23.2 Å². The molecular formula is C15H18ClN3O3. The van der Waals surface area contributed by atoms with Crippen molar-refractivity contribution in [1.29, 1.82) is 0 Å². The topological polar surface area (TPSA) is 70.7 Å². The van der Waals surface area contributed by atoms with Gasteiger partial charge in [0.15, 0.2) is 0 Å². The lowest BCUT2D eigenvalue weighted by molar-refractivity contribution is -0.136. The quantitative estimate of drug-likeness (QED) is 0.864. The molecule has 1 saturated heterocycles. The Balaban J connectivity index is 1.74. The van der Waals surface area contributed by atoms with Gasteiger partial charge in [-0.2, -0.15) is 0 Å². The van der Waals surface area contributed by atoms with Gasteiger partial charge in [0, 0.05) is 38.1 Å². The van der Waals surface area contributed by atoms with Crippen LogP contribution in [0.5, 0.6) is 0 Å². The number of likely N-dealkylation sites (tertiary alicyclic amines) is 1. The van der Waals surface area contributed by atoms with Crippen molar-refractivity contribution in [3.63, 3.8) is 0 Å². The van der Waals surface area contributed by atoms with Crippen LogP contribution >= 0.6 is 11.6 Å². The first-order valence-corrected chi connectivity index (χ1v) is 7.58. The van der Waals surface area contributed by atoms with Crippen molar-refractivity contribution in [1.82, 2.24) is 10.2 Å². The maximum atomic E-state index is 12.3. The average Bonchev–Trinajstić information content (AvgIpc) is 2.47. The number of carbonyl (C=O) groups is 2. The molecule has 2 aliphatic heterocycles. The number of ether oxygens (including phenoxy) is 1. The first-order valence-electron chi connectivity index (χ1n) is 7.20. The van der Waals surface area contributed by atoms with E-state index in [0.29, 0.717) is 36.5 Å². The van der Waals surface area contributed by atoms with Crippen LogP contribution in [-0.4, -0.2) is 49.2 Å². The molecule has 0 aliphatic carbocycles. The largest absolute Gasteiger partial charge is 0.375 e. The summed E-state index contributed by atoms with van der Waals surface area (Å²) in [4.78, 5) is 25.9. The number of carbonyl (C=O) groups excluding carboxylic acids is 2. The second kappa shape index (κ2) is 5.78. The molecule has 2 heterocycles. The second-order valence-corrected chi connectivity index (χ2v) is 6.10. The molecule has 0 unspecified atom stereocenters. The highest BCUT2D eigenvalue weighted by Crippen LogP contribution is 2.32. The molecule has 0 atom stereocenters. The number of nitrogens with zero attached hydrogens (tertiary/aromatic N) is 1.